The topological polar surface area (TPSA) is 64.6 Å². The van der Waals surface area contributed by atoms with E-state index in [4.69, 9.17) is 4.74 Å². The highest BCUT2D eigenvalue weighted by Gasteiger charge is 2.20. The number of amides is 1. The molecule has 1 rings (SSSR count). The van der Waals surface area contributed by atoms with E-state index in [1.165, 1.54) is 7.11 Å². The van der Waals surface area contributed by atoms with Crippen LogP contribution < -0.4 is 5.32 Å². The minimum Gasteiger partial charge on any atom is -0.469 e. The van der Waals surface area contributed by atoms with Gasteiger partial charge in [-0.15, -0.1) is 0 Å². The third kappa shape index (κ3) is 5.73. The Morgan fingerprint density at radius 2 is 1.85 bits per heavy atom. The van der Waals surface area contributed by atoms with E-state index < -0.39 is 6.09 Å². The van der Waals surface area contributed by atoms with Gasteiger partial charge in [0.1, 0.15) is 6.61 Å². The van der Waals surface area contributed by atoms with E-state index in [1.807, 2.05) is 44.2 Å². The molecule has 1 aromatic rings. The Morgan fingerprint density at radius 1 is 1.20 bits per heavy atom. The maximum Gasteiger partial charge on any atom is 0.407 e. The fraction of sp³-hybridized carbons (Fsp3) is 0.467. The monoisotopic (exact) mass is 279 g/mol. The van der Waals surface area contributed by atoms with Crippen molar-refractivity contribution in [2.45, 2.75) is 32.9 Å². The summed E-state index contributed by atoms with van der Waals surface area (Å²) in [5.41, 5.74) is 0.914. The zero-order valence-corrected chi connectivity index (χ0v) is 12.1. The van der Waals surface area contributed by atoms with Crippen molar-refractivity contribution in [3.05, 3.63) is 35.9 Å². The molecular formula is C15H21NO4. The summed E-state index contributed by atoms with van der Waals surface area (Å²) in [6.45, 7) is 4.05. The Bertz CT molecular complexity index is 431. The number of hydrogen-bond acceptors (Lipinski definition) is 4. The van der Waals surface area contributed by atoms with E-state index in [0.717, 1.165) is 5.56 Å². The van der Waals surface area contributed by atoms with Crippen LogP contribution in [0.3, 0.4) is 0 Å². The van der Waals surface area contributed by atoms with E-state index in [0.29, 0.717) is 0 Å². The van der Waals surface area contributed by atoms with Gasteiger partial charge in [0.15, 0.2) is 0 Å². The molecule has 0 aliphatic carbocycles. The molecule has 5 heteroatoms. The van der Waals surface area contributed by atoms with E-state index >= 15 is 0 Å². The number of nitrogens with one attached hydrogen (secondary N) is 1. The van der Waals surface area contributed by atoms with Gasteiger partial charge in [-0.2, -0.15) is 0 Å². The van der Waals surface area contributed by atoms with Gasteiger partial charge in [-0.25, -0.2) is 4.79 Å². The average molecular weight is 279 g/mol. The van der Waals surface area contributed by atoms with Crippen LogP contribution in [0.5, 0.6) is 0 Å². The molecule has 0 saturated heterocycles. The summed E-state index contributed by atoms with van der Waals surface area (Å²) in [5.74, 6) is -0.245. The van der Waals surface area contributed by atoms with E-state index in [9.17, 15) is 9.59 Å². The predicted molar refractivity (Wildman–Crippen MR) is 75.0 cm³/mol. The number of rotatable bonds is 6. The fourth-order valence-electron chi connectivity index (χ4n) is 1.63. The number of alkyl carbamates (subject to hydrolysis) is 1. The standard InChI is InChI=1S/C15H21NO4/c1-11(2)13(9-14(17)19-3)16-15(18)20-10-12-7-5-4-6-8-12/h4-8,11,13H,9-10H2,1-3H3,(H,16,18)/t13-/m1/s1. The van der Waals surface area contributed by atoms with Crippen LogP contribution in [-0.4, -0.2) is 25.2 Å². The quantitative estimate of drug-likeness (QED) is 0.813. The van der Waals surface area contributed by atoms with Crippen molar-refractivity contribution in [2.75, 3.05) is 7.11 Å². The molecule has 0 spiro atoms. The number of ether oxygens (including phenoxy) is 2. The van der Waals surface area contributed by atoms with E-state index in [1.54, 1.807) is 0 Å². The second-order valence-electron chi connectivity index (χ2n) is 4.84. The molecule has 1 N–H and O–H groups in total. The summed E-state index contributed by atoms with van der Waals surface area (Å²) in [5, 5.41) is 2.69. The lowest BCUT2D eigenvalue weighted by atomic mass is 10.0. The van der Waals surface area contributed by atoms with Gasteiger partial charge in [-0.3, -0.25) is 4.79 Å². The summed E-state index contributed by atoms with van der Waals surface area (Å²) >= 11 is 0. The first-order valence-electron chi connectivity index (χ1n) is 6.57. The van der Waals surface area contributed by atoms with Crippen molar-refractivity contribution < 1.29 is 19.1 Å². The van der Waals surface area contributed by atoms with Gasteiger partial charge in [0, 0.05) is 6.04 Å². The Morgan fingerprint density at radius 3 is 2.40 bits per heavy atom. The highest BCUT2D eigenvalue weighted by Crippen LogP contribution is 2.08. The van der Waals surface area contributed by atoms with Gasteiger partial charge in [0.05, 0.1) is 13.5 Å². The molecule has 0 saturated carbocycles. The van der Waals surface area contributed by atoms with Crippen LogP contribution in [0.2, 0.25) is 0 Å². The van der Waals surface area contributed by atoms with Gasteiger partial charge in [0.25, 0.3) is 0 Å². The Kier molecular flexibility index (Phi) is 6.56. The second-order valence-corrected chi connectivity index (χ2v) is 4.84. The molecule has 0 fully saturated rings. The molecule has 0 unspecified atom stereocenters. The molecule has 0 aliphatic heterocycles. The summed E-state index contributed by atoms with van der Waals surface area (Å²) in [4.78, 5) is 23.0. The summed E-state index contributed by atoms with van der Waals surface area (Å²) < 4.78 is 9.73. The maximum atomic E-state index is 11.7. The average Bonchev–Trinajstić information content (AvgIpc) is 2.45. The van der Waals surface area contributed by atoms with Gasteiger partial charge in [0.2, 0.25) is 0 Å². The lowest BCUT2D eigenvalue weighted by molar-refractivity contribution is -0.141. The van der Waals surface area contributed by atoms with Crippen LogP contribution in [-0.2, 0) is 20.9 Å². The Labute approximate surface area is 119 Å². The van der Waals surface area contributed by atoms with Gasteiger partial charge >= 0.3 is 12.1 Å². The van der Waals surface area contributed by atoms with Crippen LogP contribution in [0, 0.1) is 5.92 Å². The van der Waals surface area contributed by atoms with Gasteiger partial charge in [-0.1, -0.05) is 44.2 Å². The normalized spacial score (nSPS) is 11.8. The van der Waals surface area contributed by atoms with Gasteiger partial charge < -0.3 is 14.8 Å². The number of carbonyl (C=O) groups excluding carboxylic acids is 2. The zero-order valence-electron chi connectivity index (χ0n) is 12.1. The van der Waals surface area contributed by atoms with Crippen molar-refractivity contribution in [3.8, 4) is 0 Å². The molecule has 0 heterocycles. The van der Waals surface area contributed by atoms with Crippen molar-refractivity contribution in [1.82, 2.24) is 5.32 Å². The summed E-state index contributed by atoms with van der Waals surface area (Å²) in [6, 6.07) is 9.11. The fourth-order valence-corrected chi connectivity index (χ4v) is 1.63. The summed E-state index contributed by atoms with van der Waals surface area (Å²) in [7, 11) is 1.33. The molecule has 1 amide bonds. The van der Waals surface area contributed by atoms with Crippen LogP contribution >= 0.6 is 0 Å². The molecule has 0 aromatic heterocycles. The van der Waals surface area contributed by atoms with Crippen LogP contribution in [0.25, 0.3) is 0 Å². The zero-order chi connectivity index (χ0) is 15.0. The third-order valence-electron chi connectivity index (χ3n) is 2.93. The molecule has 0 aliphatic rings. The molecule has 110 valence electrons. The first kappa shape index (κ1) is 16.0. The van der Waals surface area contributed by atoms with Crippen molar-refractivity contribution in [1.29, 1.82) is 0 Å². The molecule has 1 aromatic carbocycles. The van der Waals surface area contributed by atoms with E-state index in [-0.39, 0.29) is 31.0 Å². The van der Waals surface area contributed by atoms with Crippen molar-refractivity contribution >= 4 is 12.1 Å². The number of hydrogen-bond donors (Lipinski definition) is 1. The highest BCUT2D eigenvalue weighted by atomic mass is 16.5. The maximum absolute atomic E-state index is 11.7. The van der Waals surface area contributed by atoms with Crippen LogP contribution in [0.4, 0.5) is 4.79 Å². The molecular weight excluding hydrogens is 258 g/mol. The SMILES string of the molecule is COC(=O)C[C@@H](NC(=O)OCc1ccccc1)C(C)C. The first-order chi connectivity index (χ1) is 9.52. The summed E-state index contributed by atoms with van der Waals surface area (Å²) in [6.07, 6.45) is -0.398. The first-order valence-corrected chi connectivity index (χ1v) is 6.57. The number of carbonyl (C=O) groups is 2. The van der Waals surface area contributed by atoms with Crippen LogP contribution in [0.1, 0.15) is 25.8 Å². The lowest BCUT2D eigenvalue weighted by Crippen LogP contribution is -2.40. The smallest absolute Gasteiger partial charge is 0.407 e. The van der Waals surface area contributed by atoms with Crippen molar-refractivity contribution in [3.63, 3.8) is 0 Å². The second kappa shape index (κ2) is 8.19. The molecule has 0 radical (unpaired) electrons. The predicted octanol–water partition coefficient (Wildman–Crippen LogP) is 2.50. The number of esters is 1. The largest absolute Gasteiger partial charge is 0.469 e. The molecule has 0 bridgehead atoms. The minimum atomic E-state index is -0.531. The molecule has 5 nitrogen and oxygen atoms in total. The van der Waals surface area contributed by atoms with Crippen LogP contribution in [0.15, 0.2) is 30.3 Å². The molecule has 1 atom stereocenters. The number of benzene rings is 1. The van der Waals surface area contributed by atoms with Gasteiger partial charge in [-0.05, 0) is 11.5 Å². The van der Waals surface area contributed by atoms with E-state index in [2.05, 4.69) is 10.1 Å². The third-order valence-corrected chi connectivity index (χ3v) is 2.93. The number of methoxy groups -OCH3 is 1. The minimum absolute atomic E-state index is 0.110. The lowest BCUT2D eigenvalue weighted by Gasteiger charge is -2.20. The van der Waals surface area contributed by atoms with Crippen molar-refractivity contribution in [2.24, 2.45) is 5.92 Å². The Balaban J connectivity index is 2.44. The highest BCUT2D eigenvalue weighted by molar-refractivity contribution is 5.72. The Hall–Kier alpha value is -2.04. The molecule has 20 heavy (non-hydrogen) atoms.